The highest BCUT2D eigenvalue weighted by Crippen LogP contribution is 2.31. The van der Waals surface area contributed by atoms with E-state index >= 15 is 0 Å². The van der Waals surface area contributed by atoms with E-state index in [0.29, 0.717) is 21.9 Å². The molecule has 2 N–H and O–H groups in total. The molecule has 4 aromatic rings. The van der Waals surface area contributed by atoms with Gasteiger partial charge in [-0.25, -0.2) is 4.79 Å². The van der Waals surface area contributed by atoms with Crippen LogP contribution in [0.15, 0.2) is 78.9 Å². The molecule has 0 fully saturated rings. The normalized spacial score (nSPS) is 12.6. The van der Waals surface area contributed by atoms with Gasteiger partial charge in [0.25, 0.3) is 11.6 Å². The van der Waals surface area contributed by atoms with Gasteiger partial charge in [0.05, 0.1) is 23.5 Å². The largest absolute Gasteiger partial charge is 0.480 e. The first-order valence-electron chi connectivity index (χ1n) is 11.6. The van der Waals surface area contributed by atoms with Gasteiger partial charge in [-0.05, 0) is 40.1 Å². The second-order valence-corrected chi connectivity index (χ2v) is 8.45. The summed E-state index contributed by atoms with van der Waals surface area (Å²) < 4.78 is 5.04. The number of hydrogen-bond acceptors (Lipinski definition) is 6. The quantitative estimate of drug-likeness (QED) is 0.145. The van der Waals surface area contributed by atoms with Gasteiger partial charge in [0.2, 0.25) is 0 Å². The highest BCUT2D eigenvalue weighted by atomic mass is 16.6. The molecule has 0 aliphatic carbocycles. The second kappa shape index (κ2) is 10.9. The van der Waals surface area contributed by atoms with E-state index in [-0.39, 0.29) is 18.7 Å². The zero-order valence-corrected chi connectivity index (χ0v) is 19.9. The Balaban J connectivity index is 1.78. The number of esters is 1. The maximum atomic E-state index is 13.7. The number of rotatable bonds is 9. The number of nitro groups is 1. The van der Waals surface area contributed by atoms with E-state index in [4.69, 9.17) is 4.74 Å². The van der Waals surface area contributed by atoms with Crippen molar-refractivity contribution in [3.8, 4) is 0 Å². The molecule has 0 saturated carbocycles. The van der Waals surface area contributed by atoms with E-state index in [2.05, 4.69) is 5.32 Å². The Morgan fingerprint density at radius 1 is 0.946 bits per heavy atom. The average Bonchev–Trinajstić information content (AvgIpc) is 2.89. The number of carboxylic acids is 1. The van der Waals surface area contributed by atoms with E-state index in [9.17, 15) is 29.6 Å². The minimum Gasteiger partial charge on any atom is -0.480 e. The summed E-state index contributed by atoms with van der Waals surface area (Å²) in [5.74, 6) is -3.66. The van der Waals surface area contributed by atoms with Gasteiger partial charge >= 0.3 is 11.9 Å². The van der Waals surface area contributed by atoms with Gasteiger partial charge in [0.1, 0.15) is 6.04 Å². The van der Waals surface area contributed by atoms with E-state index in [1.54, 1.807) is 31.2 Å². The Labute approximate surface area is 211 Å². The Morgan fingerprint density at radius 3 is 2.03 bits per heavy atom. The number of ether oxygens (including phenoxy) is 1. The van der Waals surface area contributed by atoms with E-state index < -0.39 is 34.7 Å². The number of nitro benzene ring substituents is 1. The Hall–Kier alpha value is -4.79. The summed E-state index contributed by atoms with van der Waals surface area (Å²) in [6.45, 7) is 1.72. The molecule has 9 nitrogen and oxygen atoms in total. The summed E-state index contributed by atoms with van der Waals surface area (Å²) in [6.07, 6.45) is -0.348. The van der Waals surface area contributed by atoms with Crippen LogP contribution in [0.25, 0.3) is 21.5 Å². The highest BCUT2D eigenvalue weighted by molar-refractivity contribution is 6.18. The van der Waals surface area contributed by atoms with E-state index in [0.717, 1.165) is 10.8 Å². The van der Waals surface area contributed by atoms with Crippen LogP contribution in [0.2, 0.25) is 0 Å². The van der Waals surface area contributed by atoms with Gasteiger partial charge in [-0.15, -0.1) is 0 Å². The van der Waals surface area contributed by atoms with Crippen molar-refractivity contribution >= 4 is 45.1 Å². The van der Waals surface area contributed by atoms with Crippen molar-refractivity contribution in [2.45, 2.75) is 25.3 Å². The fraction of sp³-hybridized carbons (Fsp3) is 0.179. The van der Waals surface area contributed by atoms with Crippen LogP contribution in [0, 0.1) is 10.1 Å². The summed E-state index contributed by atoms with van der Waals surface area (Å²) in [5.41, 5.74) is 0.476. The van der Waals surface area contributed by atoms with Crippen LogP contribution in [-0.4, -0.2) is 40.5 Å². The molecule has 0 bridgehead atoms. The predicted molar refractivity (Wildman–Crippen MR) is 137 cm³/mol. The molecule has 4 rings (SSSR count). The zero-order chi connectivity index (χ0) is 26.5. The third-order valence-electron chi connectivity index (χ3n) is 6.18. The number of non-ortho nitro benzene ring substituents is 1. The molecule has 0 aliphatic rings. The van der Waals surface area contributed by atoms with E-state index in [1.807, 2.05) is 30.3 Å². The summed E-state index contributed by atoms with van der Waals surface area (Å²) in [5, 5.41) is 26.8. The lowest BCUT2D eigenvalue weighted by molar-refractivity contribution is -0.384. The fourth-order valence-electron chi connectivity index (χ4n) is 4.48. The molecule has 0 unspecified atom stereocenters. The van der Waals surface area contributed by atoms with Crippen molar-refractivity contribution in [3.63, 3.8) is 0 Å². The van der Waals surface area contributed by atoms with Crippen molar-refractivity contribution in [1.82, 2.24) is 5.32 Å². The maximum Gasteiger partial charge on any atom is 0.326 e. The molecule has 0 aromatic heterocycles. The Bertz CT molecular complexity index is 1440. The van der Waals surface area contributed by atoms with E-state index in [1.165, 1.54) is 24.3 Å². The predicted octanol–water partition coefficient (Wildman–Crippen LogP) is 4.82. The lowest BCUT2D eigenvalue weighted by atomic mass is 9.87. The smallest absolute Gasteiger partial charge is 0.326 e. The number of aliphatic carboxylic acids is 1. The van der Waals surface area contributed by atoms with Crippen LogP contribution >= 0.6 is 0 Å². The van der Waals surface area contributed by atoms with Crippen molar-refractivity contribution in [3.05, 3.63) is 100 Å². The van der Waals surface area contributed by atoms with Crippen LogP contribution in [0.3, 0.4) is 0 Å². The molecule has 0 spiro atoms. The lowest BCUT2D eigenvalue weighted by Crippen LogP contribution is -2.45. The van der Waals surface area contributed by atoms with Gasteiger partial charge < -0.3 is 15.2 Å². The molecular weight excluding hydrogens is 476 g/mol. The van der Waals surface area contributed by atoms with Crippen molar-refractivity contribution in [1.29, 1.82) is 0 Å². The number of carbonyl (C=O) groups excluding carboxylic acids is 2. The lowest BCUT2D eigenvalue weighted by Gasteiger charge is -2.25. The molecule has 0 aliphatic heterocycles. The number of benzene rings is 4. The molecule has 9 heteroatoms. The summed E-state index contributed by atoms with van der Waals surface area (Å²) in [4.78, 5) is 49.1. The van der Waals surface area contributed by atoms with Gasteiger partial charge in [0.15, 0.2) is 0 Å². The minimum absolute atomic E-state index is 0.0951. The monoisotopic (exact) mass is 500 g/mol. The fourth-order valence-corrected chi connectivity index (χ4v) is 4.48. The summed E-state index contributed by atoms with van der Waals surface area (Å²) in [6, 6.07) is 20.3. The Morgan fingerprint density at radius 2 is 1.51 bits per heavy atom. The third kappa shape index (κ3) is 5.40. The summed E-state index contributed by atoms with van der Waals surface area (Å²) >= 11 is 0. The SMILES string of the molecule is CCOC(=O)C[C@H](c1ccc([N+](=O)[O-])cc1)[C@@H](NC(=O)c1c2ccccc2cc2ccccc12)C(=O)O. The average molecular weight is 501 g/mol. The molecule has 0 heterocycles. The van der Waals surface area contributed by atoms with Crippen LogP contribution in [0.4, 0.5) is 5.69 Å². The van der Waals surface area contributed by atoms with Crippen LogP contribution in [0.5, 0.6) is 0 Å². The van der Waals surface area contributed by atoms with Crippen molar-refractivity contribution < 1.29 is 29.2 Å². The number of amides is 1. The van der Waals surface area contributed by atoms with Gasteiger partial charge in [-0.1, -0.05) is 60.7 Å². The van der Waals surface area contributed by atoms with Crippen molar-refractivity contribution in [2.75, 3.05) is 6.61 Å². The molecule has 37 heavy (non-hydrogen) atoms. The van der Waals surface area contributed by atoms with Crippen molar-refractivity contribution in [2.24, 2.45) is 0 Å². The molecule has 188 valence electrons. The standard InChI is InChI=1S/C28H24N2O7/c1-2-37-24(31)16-23(17-11-13-20(14-12-17)30(35)36)26(28(33)34)29-27(32)25-21-9-5-3-7-18(21)15-19-8-4-6-10-22(19)25/h3-15,23,26H,2,16H2,1H3,(H,29,32)(H,33,34)/t23-,26-/m1/s1. The van der Waals surface area contributed by atoms with Gasteiger partial charge in [-0.2, -0.15) is 0 Å². The summed E-state index contributed by atoms with van der Waals surface area (Å²) in [7, 11) is 0. The number of hydrogen-bond donors (Lipinski definition) is 2. The molecule has 0 saturated heterocycles. The minimum atomic E-state index is -1.52. The second-order valence-electron chi connectivity index (χ2n) is 8.45. The zero-order valence-electron chi connectivity index (χ0n) is 19.9. The molecular formula is C28H24N2O7. The van der Waals surface area contributed by atoms with Crippen LogP contribution < -0.4 is 5.32 Å². The van der Waals surface area contributed by atoms with Crippen LogP contribution in [0.1, 0.15) is 35.2 Å². The number of nitrogens with one attached hydrogen (secondary N) is 1. The number of fused-ring (bicyclic) bond motifs is 2. The van der Waals surface area contributed by atoms with Gasteiger partial charge in [0, 0.05) is 18.1 Å². The third-order valence-corrected chi connectivity index (χ3v) is 6.18. The first kappa shape index (κ1) is 25.3. The molecule has 4 aromatic carbocycles. The molecule has 1 amide bonds. The molecule has 0 radical (unpaired) electrons. The Kier molecular flexibility index (Phi) is 7.43. The topological polar surface area (TPSA) is 136 Å². The first-order chi connectivity index (χ1) is 17.8. The number of carboxylic acid groups (broad SMARTS) is 1. The van der Waals surface area contributed by atoms with Gasteiger partial charge in [-0.3, -0.25) is 19.7 Å². The maximum absolute atomic E-state index is 13.7. The number of carbonyl (C=O) groups is 3. The molecule has 2 atom stereocenters. The highest BCUT2D eigenvalue weighted by Gasteiger charge is 2.34. The number of nitrogens with zero attached hydrogens (tertiary/aromatic N) is 1. The van der Waals surface area contributed by atoms with Crippen LogP contribution in [-0.2, 0) is 14.3 Å². The first-order valence-corrected chi connectivity index (χ1v) is 11.6.